The van der Waals surface area contributed by atoms with Crippen LogP contribution in [0.2, 0.25) is 0 Å². The van der Waals surface area contributed by atoms with Gasteiger partial charge >= 0.3 is 0 Å². The molecule has 0 nitrogen and oxygen atoms in total. The smallest absolute Gasteiger partial charge is 0.00203 e. The van der Waals surface area contributed by atoms with Crippen molar-refractivity contribution in [3.05, 3.63) is 12.2 Å². The van der Waals surface area contributed by atoms with Gasteiger partial charge in [-0.1, -0.05) is 39.8 Å². The maximum absolute atomic E-state index is 4.40. The Balaban J connectivity index is 2.00. The van der Waals surface area contributed by atoms with Gasteiger partial charge in [0.25, 0.3) is 0 Å². The highest BCUT2D eigenvalue weighted by molar-refractivity contribution is 5.40. The molecule has 0 aromatic rings. The summed E-state index contributed by atoms with van der Waals surface area (Å²) >= 11 is 0. The molecule has 0 radical (unpaired) electrons. The first-order valence-corrected chi connectivity index (χ1v) is 7.14. The highest BCUT2D eigenvalue weighted by Gasteiger charge is 2.80. The second kappa shape index (κ2) is 2.94. The molecule has 3 rings (SSSR count). The number of fused-ring (bicyclic) bond motifs is 1. The fourth-order valence-corrected chi connectivity index (χ4v) is 5.80. The third kappa shape index (κ3) is 0.901. The molecule has 0 aliphatic heterocycles. The summed E-state index contributed by atoms with van der Waals surface area (Å²) in [6.07, 6.45) is 5.68. The second-order valence-corrected chi connectivity index (χ2v) is 7.21. The molecule has 5 unspecified atom stereocenters. The molecular weight excluding hydrogens is 192 g/mol. The Hall–Kier alpha value is -0.260. The Morgan fingerprint density at radius 1 is 1.31 bits per heavy atom. The maximum Gasteiger partial charge on any atom is -0.00203 e. The summed E-state index contributed by atoms with van der Waals surface area (Å²) in [4.78, 5) is 0. The molecule has 3 aliphatic rings. The topological polar surface area (TPSA) is 0 Å². The summed E-state index contributed by atoms with van der Waals surface area (Å²) in [6, 6.07) is 0. The molecule has 16 heavy (non-hydrogen) atoms. The van der Waals surface area contributed by atoms with Crippen LogP contribution < -0.4 is 0 Å². The lowest BCUT2D eigenvalue weighted by Crippen LogP contribution is -2.27. The minimum absolute atomic E-state index is 0.526. The lowest BCUT2D eigenvalue weighted by Gasteiger charge is -2.35. The van der Waals surface area contributed by atoms with E-state index in [0.29, 0.717) is 10.8 Å². The zero-order valence-electron chi connectivity index (χ0n) is 11.3. The van der Waals surface area contributed by atoms with E-state index in [4.69, 9.17) is 0 Å². The Kier molecular flexibility index (Phi) is 2.00. The van der Waals surface area contributed by atoms with Crippen molar-refractivity contribution in [2.45, 2.75) is 53.4 Å². The SMILES string of the molecule is C=C1CCC23C(C)CCC(C(C)C)C2C13C. The van der Waals surface area contributed by atoms with Crippen molar-refractivity contribution >= 4 is 0 Å². The van der Waals surface area contributed by atoms with Gasteiger partial charge in [-0.3, -0.25) is 0 Å². The van der Waals surface area contributed by atoms with Gasteiger partial charge in [0.15, 0.2) is 0 Å². The van der Waals surface area contributed by atoms with E-state index in [9.17, 15) is 0 Å². The summed E-state index contributed by atoms with van der Waals surface area (Å²) in [5, 5.41) is 0. The first kappa shape index (κ1) is 10.9. The van der Waals surface area contributed by atoms with E-state index in [1.807, 2.05) is 0 Å². The van der Waals surface area contributed by atoms with Crippen molar-refractivity contribution in [1.29, 1.82) is 0 Å². The molecular formula is C16H26. The zero-order chi connectivity index (χ0) is 11.7. The molecule has 0 heterocycles. The highest BCUT2D eigenvalue weighted by Crippen LogP contribution is 2.86. The average molecular weight is 218 g/mol. The van der Waals surface area contributed by atoms with Crippen LogP contribution in [0.5, 0.6) is 0 Å². The molecule has 0 saturated heterocycles. The van der Waals surface area contributed by atoms with E-state index in [2.05, 4.69) is 34.3 Å². The number of hydrogen-bond donors (Lipinski definition) is 0. The number of rotatable bonds is 1. The largest absolute Gasteiger partial charge is 0.0993 e. The Morgan fingerprint density at radius 3 is 2.62 bits per heavy atom. The monoisotopic (exact) mass is 218 g/mol. The van der Waals surface area contributed by atoms with E-state index in [1.165, 1.54) is 25.7 Å². The predicted molar refractivity (Wildman–Crippen MR) is 69.1 cm³/mol. The van der Waals surface area contributed by atoms with E-state index in [-0.39, 0.29) is 0 Å². The molecule has 0 bridgehead atoms. The van der Waals surface area contributed by atoms with Crippen LogP contribution in [0.15, 0.2) is 12.2 Å². The van der Waals surface area contributed by atoms with Gasteiger partial charge in [0.1, 0.15) is 0 Å². The van der Waals surface area contributed by atoms with E-state index < -0.39 is 0 Å². The van der Waals surface area contributed by atoms with Crippen molar-refractivity contribution in [1.82, 2.24) is 0 Å². The van der Waals surface area contributed by atoms with Gasteiger partial charge in [0.05, 0.1) is 0 Å². The standard InChI is InChI=1S/C16H26/c1-10(2)13-7-6-12(4)16-9-8-11(3)15(16,5)14(13)16/h10,12-14H,3,6-9H2,1-2,4-5H3. The maximum atomic E-state index is 4.40. The average Bonchev–Trinajstić information content (AvgIpc) is 2.69. The summed E-state index contributed by atoms with van der Waals surface area (Å²) in [7, 11) is 0. The fourth-order valence-electron chi connectivity index (χ4n) is 5.80. The summed E-state index contributed by atoms with van der Waals surface area (Å²) in [5.41, 5.74) is 2.78. The molecule has 3 aliphatic carbocycles. The summed E-state index contributed by atoms with van der Waals surface area (Å²) in [5.74, 6) is 3.75. The van der Waals surface area contributed by atoms with Crippen molar-refractivity contribution in [2.24, 2.45) is 34.5 Å². The van der Waals surface area contributed by atoms with E-state index in [0.717, 1.165) is 23.7 Å². The van der Waals surface area contributed by atoms with Crippen molar-refractivity contribution in [3.8, 4) is 0 Å². The van der Waals surface area contributed by atoms with Crippen molar-refractivity contribution in [2.75, 3.05) is 0 Å². The predicted octanol–water partition coefficient (Wildman–Crippen LogP) is 4.66. The normalized spacial score (nSPS) is 55.1. The van der Waals surface area contributed by atoms with Crippen LogP contribution in [0.3, 0.4) is 0 Å². The lowest BCUT2D eigenvalue weighted by atomic mass is 9.70. The Morgan fingerprint density at radius 2 is 2.00 bits per heavy atom. The van der Waals surface area contributed by atoms with Crippen LogP contribution in [0.4, 0.5) is 0 Å². The van der Waals surface area contributed by atoms with Crippen LogP contribution >= 0.6 is 0 Å². The molecule has 5 atom stereocenters. The molecule has 0 aromatic heterocycles. The van der Waals surface area contributed by atoms with Gasteiger partial charge in [-0.25, -0.2) is 0 Å². The number of hydrogen-bond acceptors (Lipinski definition) is 0. The van der Waals surface area contributed by atoms with Gasteiger partial charge in [0.2, 0.25) is 0 Å². The third-order valence-electron chi connectivity index (χ3n) is 6.73. The van der Waals surface area contributed by atoms with Crippen LogP contribution in [0.1, 0.15) is 53.4 Å². The molecule has 1 spiro atoms. The molecule has 0 amide bonds. The minimum atomic E-state index is 0.526. The summed E-state index contributed by atoms with van der Waals surface area (Å²) in [6.45, 7) is 14.3. The Labute approximate surface area is 101 Å². The fraction of sp³-hybridized carbons (Fsp3) is 0.875. The minimum Gasteiger partial charge on any atom is -0.0993 e. The first-order valence-electron chi connectivity index (χ1n) is 7.14. The molecule has 0 aromatic carbocycles. The lowest BCUT2D eigenvalue weighted by molar-refractivity contribution is 0.141. The van der Waals surface area contributed by atoms with E-state index >= 15 is 0 Å². The molecule has 0 heteroatoms. The second-order valence-electron chi connectivity index (χ2n) is 7.21. The molecule has 0 N–H and O–H groups in total. The Bertz CT molecular complexity index is 340. The summed E-state index contributed by atoms with van der Waals surface area (Å²) < 4.78 is 0. The third-order valence-corrected chi connectivity index (χ3v) is 6.73. The molecule has 3 saturated carbocycles. The quantitative estimate of drug-likeness (QED) is 0.561. The van der Waals surface area contributed by atoms with Crippen molar-refractivity contribution in [3.63, 3.8) is 0 Å². The van der Waals surface area contributed by atoms with Crippen molar-refractivity contribution < 1.29 is 0 Å². The van der Waals surface area contributed by atoms with Gasteiger partial charge in [0, 0.05) is 0 Å². The van der Waals surface area contributed by atoms with Crippen LogP contribution in [0.25, 0.3) is 0 Å². The first-order chi connectivity index (χ1) is 7.46. The molecule has 90 valence electrons. The zero-order valence-corrected chi connectivity index (χ0v) is 11.3. The van der Waals surface area contributed by atoms with Gasteiger partial charge < -0.3 is 0 Å². The number of allylic oxidation sites excluding steroid dienone is 1. The van der Waals surface area contributed by atoms with Crippen LogP contribution in [-0.4, -0.2) is 0 Å². The van der Waals surface area contributed by atoms with E-state index in [1.54, 1.807) is 5.57 Å². The van der Waals surface area contributed by atoms with Crippen LogP contribution in [0, 0.1) is 34.5 Å². The van der Waals surface area contributed by atoms with Gasteiger partial charge in [-0.2, -0.15) is 0 Å². The van der Waals surface area contributed by atoms with Crippen LogP contribution in [-0.2, 0) is 0 Å². The highest BCUT2D eigenvalue weighted by atomic mass is 14.8. The van der Waals surface area contributed by atoms with Gasteiger partial charge in [-0.05, 0) is 60.2 Å². The van der Waals surface area contributed by atoms with Gasteiger partial charge in [-0.15, -0.1) is 0 Å². The molecule has 3 fully saturated rings.